The second-order valence-electron chi connectivity index (χ2n) is 6.92. The molecule has 0 saturated heterocycles. The highest BCUT2D eigenvalue weighted by Crippen LogP contribution is 2.29. The number of carbonyl (C=O) groups excluding carboxylic acids is 2. The molecule has 7 heteroatoms. The molecule has 1 aromatic rings. The SMILES string of the molecule is CCS(=O)(=O)c1ccccc1C(=O)OCC(=O)N[C@@H]1CCC[C@@H](C)[C@@H]1C. The summed E-state index contributed by atoms with van der Waals surface area (Å²) in [6.07, 6.45) is 3.15. The molecule has 0 aliphatic heterocycles. The van der Waals surface area contributed by atoms with E-state index in [0.717, 1.165) is 19.3 Å². The maximum absolute atomic E-state index is 12.3. The largest absolute Gasteiger partial charge is 0.452 e. The van der Waals surface area contributed by atoms with Gasteiger partial charge in [0.1, 0.15) is 0 Å². The molecule has 0 radical (unpaired) electrons. The minimum Gasteiger partial charge on any atom is -0.452 e. The third-order valence-corrected chi connectivity index (χ3v) is 7.00. The van der Waals surface area contributed by atoms with E-state index in [9.17, 15) is 18.0 Å². The van der Waals surface area contributed by atoms with Crippen molar-refractivity contribution in [3.63, 3.8) is 0 Å². The smallest absolute Gasteiger partial charge is 0.339 e. The van der Waals surface area contributed by atoms with Gasteiger partial charge in [0.25, 0.3) is 5.91 Å². The van der Waals surface area contributed by atoms with Crippen molar-refractivity contribution in [1.82, 2.24) is 5.32 Å². The Morgan fingerprint density at radius 1 is 1.19 bits per heavy atom. The van der Waals surface area contributed by atoms with Crippen molar-refractivity contribution in [2.45, 2.75) is 51.0 Å². The van der Waals surface area contributed by atoms with Gasteiger partial charge < -0.3 is 10.1 Å². The molecule has 1 saturated carbocycles. The fraction of sp³-hybridized carbons (Fsp3) is 0.579. The zero-order chi connectivity index (χ0) is 19.3. The standard InChI is InChI=1S/C19H27NO5S/c1-4-26(23,24)17-11-6-5-9-15(17)19(22)25-12-18(21)20-16-10-7-8-13(2)14(16)3/h5-6,9,11,13-14,16H,4,7-8,10,12H2,1-3H3,(H,20,21)/t13-,14+,16-/m1/s1. The van der Waals surface area contributed by atoms with Crippen molar-refractivity contribution in [1.29, 1.82) is 0 Å². The molecule has 1 aliphatic carbocycles. The summed E-state index contributed by atoms with van der Waals surface area (Å²) in [7, 11) is -3.55. The van der Waals surface area contributed by atoms with Crippen LogP contribution in [0.25, 0.3) is 0 Å². The van der Waals surface area contributed by atoms with Crippen LogP contribution < -0.4 is 5.32 Å². The van der Waals surface area contributed by atoms with Crippen LogP contribution in [-0.2, 0) is 19.4 Å². The summed E-state index contributed by atoms with van der Waals surface area (Å²) >= 11 is 0. The van der Waals surface area contributed by atoms with Crippen LogP contribution in [0.4, 0.5) is 0 Å². The molecule has 0 aromatic heterocycles. The number of hydrogen-bond donors (Lipinski definition) is 1. The molecular formula is C19H27NO5S. The average molecular weight is 381 g/mol. The lowest BCUT2D eigenvalue weighted by Gasteiger charge is -2.34. The van der Waals surface area contributed by atoms with Gasteiger partial charge in [0.2, 0.25) is 0 Å². The number of sulfone groups is 1. The minimum atomic E-state index is -3.55. The molecule has 0 heterocycles. The van der Waals surface area contributed by atoms with E-state index in [2.05, 4.69) is 19.2 Å². The average Bonchev–Trinajstić information content (AvgIpc) is 2.63. The fourth-order valence-electron chi connectivity index (χ4n) is 3.30. The molecular weight excluding hydrogens is 354 g/mol. The van der Waals surface area contributed by atoms with Gasteiger partial charge in [-0.05, 0) is 30.4 Å². The van der Waals surface area contributed by atoms with Gasteiger partial charge in [-0.25, -0.2) is 13.2 Å². The summed E-state index contributed by atoms with van der Waals surface area (Å²) in [5, 5.41) is 2.93. The summed E-state index contributed by atoms with van der Waals surface area (Å²) in [6, 6.07) is 5.97. The van der Waals surface area contributed by atoms with Crippen LogP contribution in [0.5, 0.6) is 0 Å². The summed E-state index contributed by atoms with van der Waals surface area (Å²) < 4.78 is 29.3. The quantitative estimate of drug-likeness (QED) is 0.765. The maximum atomic E-state index is 12.3. The van der Waals surface area contributed by atoms with E-state index in [0.29, 0.717) is 11.8 Å². The van der Waals surface area contributed by atoms with Crippen LogP contribution in [0.2, 0.25) is 0 Å². The molecule has 0 unspecified atom stereocenters. The number of ether oxygens (including phenoxy) is 1. The van der Waals surface area contributed by atoms with Crippen molar-refractivity contribution in [3.05, 3.63) is 29.8 Å². The molecule has 2 rings (SSSR count). The van der Waals surface area contributed by atoms with E-state index in [1.807, 2.05) is 0 Å². The fourth-order valence-corrected chi connectivity index (χ4v) is 4.39. The third-order valence-electron chi connectivity index (χ3n) is 5.21. The number of benzene rings is 1. The lowest BCUT2D eigenvalue weighted by Crippen LogP contribution is -2.45. The Labute approximate surface area is 155 Å². The van der Waals surface area contributed by atoms with Crippen LogP contribution in [0.1, 0.15) is 50.4 Å². The predicted molar refractivity (Wildman–Crippen MR) is 98.6 cm³/mol. The van der Waals surface area contributed by atoms with E-state index in [4.69, 9.17) is 4.74 Å². The van der Waals surface area contributed by atoms with Gasteiger partial charge in [0, 0.05) is 6.04 Å². The van der Waals surface area contributed by atoms with Gasteiger partial charge in [0.05, 0.1) is 16.2 Å². The van der Waals surface area contributed by atoms with Gasteiger partial charge in [-0.3, -0.25) is 4.79 Å². The number of carbonyl (C=O) groups is 2. The zero-order valence-corrected chi connectivity index (χ0v) is 16.3. The summed E-state index contributed by atoms with van der Waals surface area (Å²) in [4.78, 5) is 24.3. The molecule has 1 aliphatic rings. The van der Waals surface area contributed by atoms with E-state index >= 15 is 0 Å². The number of esters is 1. The Bertz CT molecular complexity index is 759. The second-order valence-corrected chi connectivity index (χ2v) is 9.16. The first-order valence-corrected chi connectivity index (χ1v) is 10.7. The monoisotopic (exact) mass is 381 g/mol. The van der Waals surface area contributed by atoms with Crippen LogP contribution >= 0.6 is 0 Å². The van der Waals surface area contributed by atoms with E-state index < -0.39 is 22.4 Å². The molecule has 6 nitrogen and oxygen atoms in total. The Morgan fingerprint density at radius 2 is 1.88 bits per heavy atom. The van der Waals surface area contributed by atoms with Crippen molar-refractivity contribution in [3.8, 4) is 0 Å². The molecule has 26 heavy (non-hydrogen) atoms. The van der Waals surface area contributed by atoms with Crippen LogP contribution in [-0.4, -0.2) is 38.7 Å². The Balaban J connectivity index is 1.98. The lowest BCUT2D eigenvalue weighted by atomic mass is 9.78. The first-order valence-electron chi connectivity index (χ1n) is 9.04. The topological polar surface area (TPSA) is 89.5 Å². The van der Waals surface area contributed by atoms with Gasteiger partial charge in [-0.1, -0.05) is 45.7 Å². The Hall–Kier alpha value is -1.89. The molecule has 1 fully saturated rings. The summed E-state index contributed by atoms with van der Waals surface area (Å²) in [5.74, 6) is -0.366. The molecule has 0 spiro atoms. The molecule has 0 bridgehead atoms. The van der Waals surface area contributed by atoms with Crippen molar-refractivity contribution >= 4 is 21.7 Å². The van der Waals surface area contributed by atoms with Crippen molar-refractivity contribution in [2.24, 2.45) is 11.8 Å². The van der Waals surface area contributed by atoms with Gasteiger partial charge in [-0.2, -0.15) is 0 Å². The zero-order valence-electron chi connectivity index (χ0n) is 15.5. The van der Waals surface area contributed by atoms with Crippen molar-refractivity contribution < 1.29 is 22.7 Å². The highest BCUT2D eigenvalue weighted by atomic mass is 32.2. The Kier molecular flexibility index (Phi) is 6.81. The van der Waals surface area contributed by atoms with Crippen LogP contribution in [0, 0.1) is 11.8 Å². The molecule has 1 aromatic carbocycles. The van der Waals surface area contributed by atoms with E-state index in [1.165, 1.54) is 19.1 Å². The van der Waals surface area contributed by atoms with E-state index in [1.54, 1.807) is 12.1 Å². The number of hydrogen-bond acceptors (Lipinski definition) is 5. The molecule has 1 N–H and O–H groups in total. The van der Waals surface area contributed by atoms with Crippen molar-refractivity contribution in [2.75, 3.05) is 12.4 Å². The molecule has 144 valence electrons. The van der Waals surface area contributed by atoms with E-state index in [-0.39, 0.29) is 28.2 Å². The normalized spacial score (nSPS) is 23.3. The second kappa shape index (κ2) is 8.66. The molecule has 3 atom stereocenters. The van der Waals surface area contributed by atoms with Gasteiger partial charge in [0.15, 0.2) is 16.4 Å². The number of amides is 1. The first kappa shape index (κ1) is 20.4. The minimum absolute atomic E-state index is 0.0400. The first-order chi connectivity index (χ1) is 12.3. The highest BCUT2D eigenvalue weighted by molar-refractivity contribution is 7.91. The van der Waals surface area contributed by atoms with Crippen LogP contribution in [0.3, 0.4) is 0 Å². The summed E-state index contributed by atoms with van der Waals surface area (Å²) in [6.45, 7) is 5.38. The number of nitrogens with one attached hydrogen (secondary N) is 1. The number of rotatable bonds is 6. The molecule has 1 amide bonds. The maximum Gasteiger partial charge on any atom is 0.339 e. The third kappa shape index (κ3) is 4.84. The summed E-state index contributed by atoms with van der Waals surface area (Å²) in [5.41, 5.74) is -0.0400. The lowest BCUT2D eigenvalue weighted by molar-refractivity contribution is -0.125. The predicted octanol–water partition coefficient (Wildman–Crippen LogP) is 2.58. The Morgan fingerprint density at radius 3 is 2.58 bits per heavy atom. The van der Waals surface area contributed by atoms with Gasteiger partial charge >= 0.3 is 5.97 Å². The highest BCUT2D eigenvalue weighted by Gasteiger charge is 2.28. The van der Waals surface area contributed by atoms with Gasteiger partial charge in [-0.15, -0.1) is 0 Å². The van der Waals surface area contributed by atoms with Crippen LogP contribution in [0.15, 0.2) is 29.2 Å².